The summed E-state index contributed by atoms with van der Waals surface area (Å²) in [5.41, 5.74) is 3.18. The number of hydrogen-bond donors (Lipinski definition) is 1. The highest BCUT2D eigenvalue weighted by Crippen LogP contribution is 2.30. The Morgan fingerprint density at radius 2 is 2.04 bits per heavy atom. The van der Waals surface area contributed by atoms with Crippen LogP contribution in [0.25, 0.3) is 11.1 Å². The van der Waals surface area contributed by atoms with E-state index in [4.69, 9.17) is 9.68 Å². The SMILES string of the molecule is N#Cc1ccc(C(O)CN2CCCC(c3nc4ccccc4o3)C2)cc1. The third-order valence-corrected chi connectivity index (χ3v) is 5.02. The molecule has 5 nitrogen and oxygen atoms in total. The van der Waals surface area contributed by atoms with Crippen LogP contribution in [0.4, 0.5) is 0 Å². The van der Waals surface area contributed by atoms with E-state index in [1.165, 1.54) is 0 Å². The monoisotopic (exact) mass is 347 g/mol. The molecular formula is C21H21N3O2. The molecule has 1 fully saturated rings. The minimum absolute atomic E-state index is 0.254. The van der Waals surface area contributed by atoms with Gasteiger partial charge in [0.2, 0.25) is 0 Å². The number of likely N-dealkylation sites (tertiary alicyclic amines) is 1. The van der Waals surface area contributed by atoms with Gasteiger partial charge in [-0.2, -0.15) is 5.26 Å². The quantitative estimate of drug-likeness (QED) is 0.780. The largest absolute Gasteiger partial charge is 0.440 e. The van der Waals surface area contributed by atoms with Crippen molar-refractivity contribution in [3.63, 3.8) is 0 Å². The lowest BCUT2D eigenvalue weighted by Crippen LogP contribution is -2.37. The molecule has 3 aromatic rings. The first-order valence-electron chi connectivity index (χ1n) is 8.99. The predicted molar refractivity (Wildman–Crippen MR) is 98.5 cm³/mol. The number of benzene rings is 2. The highest BCUT2D eigenvalue weighted by Gasteiger charge is 2.26. The fourth-order valence-electron chi connectivity index (χ4n) is 3.62. The number of oxazole rings is 1. The second-order valence-electron chi connectivity index (χ2n) is 6.87. The number of aliphatic hydroxyl groups is 1. The zero-order valence-corrected chi connectivity index (χ0v) is 14.5. The van der Waals surface area contributed by atoms with E-state index in [9.17, 15) is 5.11 Å². The summed E-state index contributed by atoms with van der Waals surface area (Å²) in [4.78, 5) is 6.91. The van der Waals surface area contributed by atoms with Crippen LogP contribution < -0.4 is 0 Å². The summed E-state index contributed by atoms with van der Waals surface area (Å²) < 4.78 is 5.94. The Morgan fingerprint density at radius 1 is 1.23 bits per heavy atom. The van der Waals surface area contributed by atoms with Gasteiger partial charge < -0.3 is 9.52 Å². The van der Waals surface area contributed by atoms with Crippen LogP contribution in [0.3, 0.4) is 0 Å². The van der Waals surface area contributed by atoms with Crippen molar-refractivity contribution >= 4 is 11.1 Å². The third-order valence-electron chi connectivity index (χ3n) is 5.02. The van der Waals surface area contributed by atoms with E-state index >= 15 is 0 Å². The van der Waals surface area contributed by atoms with Crippen molar-refractivity contribution in [1.82, 2.24) is 9.88 Å². The number of piperidine rings is 1. The fourth-order valence-corrected chi connectivity index (χ4v) is 3.62. The predicted octanol–water partition coefficient (Wildman–Crippen LogP) is 3.61. The Hall–Kier alpha value is -2.68. The van der Waals surface area contributed by atoms with Gasteiger partial charge in [0.05, 0.1) is 17.7 Å². The summed E-state index contributed by atoms with van der Waals surface area (Å²) in [6.45, 7) is 2.37. The Morgan fingerprint density at radius 3 is 2.81 bits per heavy atom. The standard InChI is InChI=1S/C21H21N3O2/c22-12-15-7-9-16(10-8-15)19(25)14-24-11-3-4-17(13-24)21-23-18-5-1-2-6-20(18)26-21/h1-2,5-10,17,19,25H,3-4,11,13-14H2. The van der Waals surface area contributed by atoms with E-state index in [1.54, 1.807) is 12.1 Å². The van der Waals surface area contributed by atoms with Gasteiger partial charge in [0.15, 0.2) is 11.5 Å². The molecule has 2 heterocycles. The molecule has 5 heteroatoms. The van der Waals surface area contributed by atoms with E-state index < -0.39 is 6.10 Å². The first kappa shape index (κ1) is 16.8. The number of rotatable bonds is 4. The molecule has 2 atom stereocenters. The van der Waals surface area contributed by atoms with Crippen LogP contribution in [0.2, 0.25) is 0 Å². The maximum absolute atomic E-state index is 10.5. The second kappa shape index (κ2) is 7.28. The van der Waals surface area contributed by atoms with Gasteiger partial charge in [-0.1, -0.05) is 24.3 Å². The lowest BCUT2D eigenvalue weighted by Gasteiger charge is -2.32. The maximum atomic E-state index is 10.5. The first-order valence-corrected chi connectivity index (χ1v) is 8.99. The van der Waals surface area contributed by atoms with Crippen molar-refractivity contribution in [1.29, 1.82) is 5.26 Å². The minimum Gasteiger partial charge on any atom is -0.440 e. The number of β-amino-alcohol motifs (C(OH)–C–C–N with tert-alkyl or cyclic N) is 1. The number of fused-ring (bicyclic) bond motifs is 1. The number of hydrogen-bond acceptors (Lipinski definition) is 5. The molecule has 0 saturated carbocycles. The molecular weight excluding hydrogens is 326 g/mol. The van der Waals surface area contributed by atoms with Crippen molar-refractivity contribution in [3.05, 3.63) is 65.5 Å². The van der Waals surface area contributed by atoms with Crippen LogP contribution in [0.1, 0.15) is 41.9 Å². The molecule has 132 valence electrons. The topological polar surface area (TPSA) is 73.3 Å². The van der Waals surface area contributed by atoms with Crippen LogP contribution in [-0.4, -0.2) is 34.6 Å². The molecule has 1 aliphatic heterocycles. The molecule has 0 amide bonds. The molecule has 26 heavy (non-hydrogen) atoms. The van der Waals surface area contributed by atoms with E-state index in [2.05, 4.69) is 16.0 Å². The normalized spacial score (nSPS) is 19.3. The Balaban J connectivity index is 1.43. The molecule has 0 bridgehead atoms. The van der Waals surface area contributed by atoms with Crippen LogP contribution in [0.15, 0.2) is 52.9 Å². The van der Waals surface area contributed by atoms with Crippen molar-refractivity contribution in [3.8, 4) is 6.07 Å². The van der Waals surface area contributed by atoms with Crippen molar-refractivity contribution in [2.24, 2.45) is 0 Å². The van der Waals surface area contributed by atoms with E-state index in [0.29, 0.717) is 12.1 Å². The average Bonchev–Trinajstić information content (AvgIpc) is 3.12. The third kappa shape index (κ3) is 3.48. The van der Waals surface area contributed by atoms with Gasteiger partial charge in [0.25, 0.3) is 0 Å². The summed E-state index contributed by atoms with van der Waals surface area (Å²) in [6, 6.07) is 17.1. The van der Waals surface area contributed by atoms with Crippen LogP contribution in [-0.2, 0) is 0 Å². The highest BCUT2D eigenvalue weighted by atomic mass is 16.3. The van der Waals surface area contributed by atoms with Gasteiger partial charge in [-0.25, -0.2) is 4.98 Å². The van der Waals surface area contributed by atoms with Crippen LogP contribution in [0, 0.1) is 11.3 Å². The molecule has 1 aromatic heterocycles. The van der Waals surface area contributed by atoms with Gasteiger partial charge >= 0.3 is 0 Å². The summed E-state index contributed by atoms with van der Waals surface area (Å²) in [5.74, 6) is 1.05. The van der Waals surface area contributed by atoms with Crippen molar-refractivity contribution in [2.75, 3.05) is 19.6 Å². The Labute approximate surface area is 152 Å². The number of aromatic nitrogens is 1. The van der Waals surface area contributed by atoms with Crippen LogP contribution in [0.5, 0.6) is 0 Å². The van der Waals surface area contributed by atoms with E-state index in [0.717, 1.165) is 48.5 Å². The molecule has 1 N–H and O–H groups in total. The number of aliphatic hydroxyl groups excluding tert-OH is 1. The first-order chi connectivity index (χ1) is 12.7. The smallest absolute Gasteiger partial charge is 0.199 e. The van der Waals surface area contributed by atoms with E-state index in [-0.39, 0.29) is 5.92 Å². The van der Waals surface area contributed by atoms with Crippen LogP contribution >= 0.6 is 0 Å². The molecule has 2 unspecified atom stereocenters. The molecule has 2 aromatic carbocycles. The van der Waals surface area contributed by atoms with Gasteiger partial charge in [-0.05, 0) is 49.2 Å². The van der Waals surface area contributed by atoms with E-state index in [1.807, 2.05) is 36.4 Å². The summed E-state index contributed by atoms with van der Waals surface area (Å²) >= 11 is 0. The van der Waals surface area contributed by atoms with Gasteiger partial charge in [-0.3, -0.25) is 4.90 Å². The molecule has 1 saturated heterocycles. The summed E-state index contributed by atoms with van der Waals surface area (Å²) in [5, 5.41) is 19.4. The number of nitrogens with zero attached hydrogens (tertiary/aromatic N) is 3. The molecule has 0 radical (unpaired) electrons. The van der Waals surface area contributed by atoms with Crippen molar-refractivity contribution in [2.45, 2.75) is 24.9 Å². The molecule has 0 aliphatic carbocycles. The lowest BCUT2D eigenvalue weighted by molar-refractivity contribution is 0.0923. The van der Waals surface area contributed by atoms with Gasteiger partial charge in [0.1, 0.15) is 5.52 Å². The zero-order valence-electron chi connectivity index (χ0n) is 14.5. The second-order valence-corrected chi connectivity index (χ2v) is 6.87. The average molecular weight is 347 g/mol. The summed E-state index contributed by atoms with van der Waals surface area (Å²) in [6.07, 6.45) is 1.55. The summed E-state index contributed by atoms with van der Waals surface area (Å²) in [7, 11) is 0. The Bertz CT molecular complexity index is 893. The number of nitriles is 1. The zero-order chi connectivity index (χ0) is 17.9. The molecule has 1 aliphatic rings. The molecule has 4 rings (SSSR count). The fraction of sp³-hybridized carbons (Fsp3) is 0.333. The van der Waals surface area contributed by atoms with Crippen molar-refractivity contribution < 1.29 is 9.52 Å². The number of para-hydroxylation sites is 2. The lowest BCUT2D eigenvalue weighted by atomic mass is 9.97. The minimum atomic E-state index is -0.565. The highest BCUT2D eigenvalue weighted by molar-refractivity contribution is 5.72. The Kier molecular flexibility index (Phi) is 4.70. The maximum Gasteiger partial charge on any atom is 0.199 e. The molecule has 0 spiro atoms. The van der Waals surface area contributed by atoms with Gasteiger partial charge in [0, 0.05) is 19.0 Å². The van der Waals surface area contributed by atoms with Gasteiger partial charge in [-0.15, -0.1) is 0 Å².